The fourth-order valence-electron chi connectivity index (χ4n) is 3.50. The highest BCUT2D eigenvalue weighted by atomic mass is 35.5. The molecule has 0 aliphatic carbocycles. The van der Waals surface area contributed by atoms with E-state index in [4.69, 9.17) is 11.6 Å². The van der Waals surface area contributed by atoms with E-state index in [1.54, 1.807) is 12.1 Å². The summed E-state index contributed by atoms with van der Waals surface area (Å²) >= 11 is 6.50. The number of aromatic hydroxyl groups is 1. The monoisotopic (exact) mass is 408 g/mol. The molecule has 0 unspecified atom stereocenters. The summed E-state index contributed by atoms with van der Waals surface area (Å²) in [5, 5.41) is 16.3. The lowest BCUT2D eigenvalue weighted by Crippen LogP contribution is -2.17. The summed E-state index contributed by atoms with van der Waals surface area (Å²) in [5.74, 6) is -0.127. The van der Waals surface area contributed by atoms with Crippen LogP contribution in [0.3, 0.4) is 0 Å². The molecule has 0 atom stereocenters. The average Bonchev–Trinajstić information content (AvgIpc) is 2.99. The molecule has 0 amide bonds. The molecule has 0 radical (unpaired) electrons. The van der Waals surface area contributed by atoms with Crippen LogP contribution in [0.2, 0.25) is 5.02 Å². The van der Waals surface area contributed by atoms with Crippen LogP contribution in [0.15, 0.2) is 47.3 Å². The van der Waals surface area contributed by atoms with Crippen LogP contribution in [-0.4, -0.2) is 34.0 Å². The number of fused-ring (bicyclic) bond motifs is 1. The van der Waals surface area contributed by atoms with Crippen molar-refractivity contribution >= 4 is 28.2 Å². The maximum atomic E-state index is 12.7. The Morgan fingerprint density at radius 3 is 2.38 bits per heavy atom. The normalized spacial score (nSPS) is 11.2. The van der Waals surface area contributed by atoms with Gasteiger partial charge in [-0.15, -0.1) is 0 Å². The molecule has 4 rings (SSSR count). The lowest BCUT2D eigenvalue weighted by Gasteiger charge is -2.14. The lowest BCUT2D eigenvalue weighted by molar-refractivity contribution is 0.474. The number of benzene rings is 2. The van der Waals surface area contributed by atoms with E-state index in [-0.39, 0.29) is 11.4 Å². The highest BCUT2D eigenvalue weighted by molar-refractivity contribution is 6.34. The molecule has 2 heterocycles. The van der Waals surface area contributed by atoms with Gasteiger partial charge in [-0.25, -0.2) is 4.68 Å². The Balaban J connectivity index is 1.94. The molecule has 0 aliphatic heterocycles. The van der Waals surface area contributed by atoms with Gasteiger partial charge in [0, 0.05) is 36.4 Å². The van der Waals surface area contributed by atoms with E-state index in [0.29, 0.717) is 15.9 Å². The molecule has 0 bridgehead atoms. The van der Waals surface area contributed by atoms with Crippen LogP contribution < -0.4 is 10.5 Å². The molecule has 2 N–H and O–H groups in total. The van der Waals surface area contributed by atoms with Gasteiger partial charge in [-0.05, 0) is 49.7 Å². The maximum Gasteiger partial charge on any atom is 0.278 e. The van der Waals surface area contributed by atoms with Crippen LogP contribution in [0.5, 0.6) is 5.75 Å². The number of hydrogen-bond acceptors (Lipinski definition) is 4. The minimum Gasteiger partial charge on any atom is -0.505 e. The third-order valence-corrected chi connectivity index (χ3v) is 5.28. The van der Waals surface area contributed by atoms with Crippen LogP contribution in [-0.2, 0) is 0 Å². The SMILES string of the molecule is Cc1cc(C)n(-c2c(O)c3cc(-c4ccc(N(C)C)cc4)c(Cl)cc3[nH]c2=O)n1. The van der Waals surface area contributed by atoms with Crippen LogP contribution in [0.1, 0.15) is 11.4 Å². The highest BCUT2D eigenvalue weighted by Gasteiger charge is 2.18. The Bertz CT molecular complexity index is 1290. The van der Waals surface area contributed by atoms with Crippen molar-refractivity contribution < 1.29 is 5.11 Å². The number of anilines is 1. The molecule has 0 aliphatic rings. The highest BCUT2D eigenvalue weighted by Crippen LogP contribution is 2.36. The van der Waals surface area contributed by atoms with Gasteiger partial charge in [0.15, 0.2) is 11.4 Å². The van der Waals surface area contributed by atoms with E-state index < -0.39 is 5.56 Å². The number of nitrogens with zero attached hydrogens (tertiary/aromatic N) is 3. The minimum atomic E-state index is -0.430. The maximum absolute atomic E-state index is 12.7. The molecular weight excluding hydrogens is 388 g/mol. The minimum absolute atomic E-state index is 0.0966. The first-order chi connectivity index (χ1) is 13.8. The number of aromatic nitrogens is 3. The van der Waals surface area contributed by atoms with E-state index in [1.807, 2.05) is 63.2 Å². The van der Waals surface area contributed by atoms with Crippen molar-refractivity contribution in [3.05, 3.63) is 69.2 Å². The first kappa shape index (κ1) is 19.1. The van der Waals surface area contributed by atoms with E-state index in [2.05, 4.69) is 10.1 Å². The summed E-state index contributed by atoms with van der Waals surface area (Å²) in [4.78, 5) is 17.5. The van der Waals surface area contributed by atoms with Gasteiger partial charge >= 0.3 is 0 Å². The third kappa shape index (κ3) is 3.25. The second-order valence-corrected chi connectivity index (χ2v) is 7.72. The zero-order chi connectivity index (χ0) is 20.9. The number of hydrogen-bond donors (Lipinski definition) is 2. The molecule has 29 heavy (non-hydrogen) atoms. The van der Waals surface area contributed by atoms with Crippen LogP contribution in [0.4, 0.5) is 5.69 Å². The summed E-state index contributed by atoms with van der Waals surface area (Å²) < 4.78 is 1.46. The molecule has 4 aromatic rings. The van der Waals surface area contributed by atoms with Gasteiger partial charge in [-0.1, -0.05) is 23.7 Å². The fourth-order valence-corrected chi connectivity index (χ4v) is 3.77. The van der Waals surface area contributed by atoms with Gasteiger partial charge in [0.05, 0.1) is 16.2 Å². The van der Waals surface area contributed by atoms with Crippen LogP contribution in [0, 0.1) is 13.8 Å². The number of nitrogens with one attached hydrogen (secondary N) is 1. The van der Waals surface area contributed by atoms with Gasteiger partial charge in [-0.2, -0.15) is 5.10 Å². The van der Waals surface area contributed by atoms with E-state index in [0.717, 1.165) is 28.2 Å². The van der Waals surface area contributed by atoms with Crippen molar-refractivity contribution in [3.63, 3.8) is 0 Å². The zero-order valence-electron chi connectivity index (χ0n) is 16.6. The van der Waals surface area contributed by atoms with E-state index in [1.165, 1.54) is 4.68 Å². The van der Waals surface area contributed by atoms with E-state index >= 15 is 0 Å². The number of aryl methyl sites for hydroxylation is 2. The number of rotatable bonds is 3. The van der Waals surface area contributed by atoms with Crippen molar-refractivity contribution in [2.24, 2.45) is 0 Å². The standard InChI is InChI=1S/C22H21ClN4O2/c1-12-9-13(2)27(25-12)20-21(28)17-10-16(18(23)11-19(17)24-22(20)29)14-5-7-15(8-6-14)26(3)4/h5-11H,1-4H3,(H2,24,28,29). The topological polar surface area (TPSA) is 74.2 Å². The second kappa shape index (κ2) is 6.97. The summed E-state index contributed by atoms with van der Waals surface area (Å²) in [7, 11) is 3.96. The molecule has 0 fully saturated rings. The van der Waals surface area contributed by atoms with E-state index in [9.17, 15) is 9.90 Å². The van der Waals surface area contributed by atoms with Gasteiger partial charge in [-0.3, -0.25) is 4.79 Å². The van der Waals surface area contributed by atoms with Crippen molar-refractivity contribution in [3.8, 4) is 22.6 Å². The van der Waals surface area contributed by atoms with Gasteiger partial charge in [0.1, 0.15) is 0 Å². The molecule has 148 valence electrons. The second-order valence-electron chi connectivity index (χ2n) is 7.31. The van der Waals surface area contributed by atoms with Gasteiger partial charge in [0.25, 0.3) is 5.56 Å². The number of aromatic amines is 1. The largest absolute Gasteiger partial charge is 0.505 e. The third-order valence-electron chi connectivity index (χ3n) is 4.97. The average molecular weight is 409 g/mol. The predicted molar refractivity (Wildman–Crippen MR) is 118 cm³/mol. The van der Waals surface area contributed by atoms with Crippen molar-refractivity contribution in [1.29, 1.82) is 0 Å². The van der Waals surface area contributed by atoms with Gasteiger partial charge < -0.3 is 15.0 Å². The Hall–Kier alpha value is -3.25. The molecule has 6 nitrogen and oxygen atoms in total. The lowest BCUT2D eigenvalue weighted by atomic mass is 10.0. The molecule has 0 spiro atoms. The zero-order valence-corrected chi connectivity index (χ0v) is 17.4. The molecule has 2 aromatic heterocycles. The Labute approximate surface area is 173 Å². The summed E-state index contributed by atoms with van der Waals surface area (Å²) in [6.07, 6.45) is 0. The quantitative estimate of drug-likeness (QED) is 0.526. The molecule has 0 saturated heterocycles. The van der Waals surface area contributed by atoms with Crippen molar-refractivity contribution in [2.75, 3.05) is 19.0 Å². The van der Waals surface area contributed by atoms with Crippen LogP contribution in [0.25, 0.3) is 27.7 Å². The Kier molecular flexibility index (Phi) is 4.59. The smallest absolute Gasteiger partial charge is 0.278 e. The number of pyridine rings is 1. The summed E-state index contributed by atoms with van der Waals surface area (Å²) in [5.41, 5.74) is 4.42. The predicted octanol–water partition coefficient (Wildman–Crippen LogP) is 4.42. The van der Waals surface area contributed by atoms with Crippen molar-refractivity contribution in [2.45, 2.75) is 13.8 Å². The number of halogens is 1. The molecular formula is C22H21ClN4O2. The Morgan fingerprint density at radius 2 is 1.79 bits per heavy atom. The fraction of sp³-hybridized carbons (Fsp3) is 0.182. The van der Waals surface area contributed by atoms with Gasteiger partial charge in [0.2, 0.25) is 0 Å². The van der Waals surface area contributed by atoms with Crippen LogP contribution >= 0.6 is 11.6 Å². The first-order valence-electron chi connectivity index (χ1n) is 9.16. The summed E-state index contributed by atoms with van der Waals surface area (Å²) in [6.45, 7) is 3.67. The molecule has 2 aromatic carbocycles. The van der Waals surface area contributed by atoms with Crippen molar-refractivity contribution in [1.82, 2.24) is 14.8 Å². The Morgan fingerprint density at radius 1 is 1.10 bits per heavy atom. The molecule has 0 saturated carbocycles. The summed E-state index contributed by atoms with van der Waals surface area (Å²) in [6, 6.07) is 13.3. The molecule has 7 heteroatoms. The first-order valence-corrected chi connectivity index (χ1v) is 9.54. The number of H-pyrrole nitrogens is 1.